The number of aromatic nitrogens is 1. The van der Waals surface area contributed by atoms with Gasteiger partial charge in [0.15, 0.2) is 0 Å². The smallest absolute Gasteiger partial charge is 0.336 e. The second-order valence-electron chi connectivity index (χ2n) is 5.39. The van der Waals surface area contributed by atoms with Crippen molar-refractivity contribution in [3.63, 3.8) is 0 Å². The van der Waals surface area contributed by atoms with Crippen molar-refractivity contribution < 1.29 is 9.90 Å². The van der Waals surface area contributed by atoms with Gasteiger partial charge in [0.25, 0.3) is 0 Å². The normalized spacial score (nSPS) is 14.3. The van der Waals surface area contributed by atoms with E-state index in [1.165, 1.54) is 12.8 Å². The fourth-order valence-electron chi connectivity index (χ4n) is 2.34. The number of nitrogens with zero attached hydrogens (tertiary/aromatic N) is 1. The Bertz CT molecular complexity index is 653. The van der Waals surface area contributed by atoms with Gasteiger partial charge in [0.1, 0.15) is 5.82 Å². The van der Waals surface area contributed by atoms with Crippen LogP contribution in [0.4, 0.5) is 5.82 Å². The van der Waals surface area contributed by atoms with Crippen molar-refractivity contribution in [2.24, 2.45) is 0 Å². The standard InChI is InChI=1S/C16H19N3O2/c20-16(21)13-10-15(18-9-3-8-17-11-6-7-11)19-14-5-2-1-4-12(13)14/h1-2,4-5,10-11,17H,3,6-9H2,(H,18,19)(H,20,21). The number of nitrogens with one attached hydrogen (secondary N) is 2. The molecule has 0 aliphatic heterocycles. The Labute approximate surface area is 123 Å². The van der Waals surface area contributed by atoms with E-state index in [0.29, 0.717) is 22.3 Å². The molecule has 1 aliphatic carbocycles. The van der Waals surface area contributed by atoms with Crippen LogP contribution in [0.5, 0.6) is 0 Å². The summed E-state index contributed by atoms with van der Waals surface area (Å²) in [6.45, 7) is 1.77. The third-order valence-corrected chi connectivity index (χ3v) is 3.62. The number of benzene rings is 1. The van der Waals surface area contributed by atoms with Gasteiger partial charge in [-0.2, -0.15) is 0 Å². The molecular weight excluding hydrogens is 266 g/mol. The zero-order chi connectivity index (χ0) is 14.7. The van der Waals surface area contributed by atoms with Crippen LogP contribution in [-0.2, 0) is 0 Å². The summed E-state index contributed by atoms with van der Waals surface area (Å²) < 4.78 is 0. The highest BCUT2D eigenvalue weighted by Crippen LogP contribution is 2.21. The summed E-state index contributed by atoms with van der Waals surface area (Å²) in [6.07, 6.45) is 3.58. The lowest BCUT2D eigenvalue weighted by atomic mass is 10.1. The Morgan fingerprint density at radius 3 is 2.86 bits per heavy atom. The van der Waals surface area contributed by atoms with Crippen LogP contribution in [0.2, 0.25) is 0 Å². The summed E-state index contributed by atoms with van der Waals surface area (Å²) in [5.41, 5.74) is 0.996. The van der Waals surface area contributed by atoms with Gasteiger partial charge in [0, 0.05) is 18.0 Å². The maximum Gasteiger partial charge on any atom is 0.336 e. The van der Waals surface area contributed by atoms with E-state index in [1.54, 1.807) is 12.1 Å². The van der Waals surface area contributed by atoms with E-state index in [2.05, 4.69) is 15.6 Å². The van der Waals surface area contributed by atoms with Crippen molar-refractivity contribution in [2.75, 3.05) is 18.4 Å². The second kappa shape index (κ2) is 6.10. The van der Waals surface area contributed by atoms with E-state index in [4.69, 9.17) is 0 Å². The van der Waals surface area contributed by atoms with E-state index in [-0.39, 0.29) is 0 Å². The highest BCUT2D eigenvalue weighted by atomic mass is 16.4. The number of para-hydroxylation sites is 1. The van der Waals surface area contributed by atoms with E-state index in [9.17, 15) is 9.90 Å². The number of rotatable bonds is 7. The number of pyridine rings is 1. The Balaban J connectivity index is 1.67. The van der Waals surface area contributed by atoms with Gasteiger partial charge in [0.2, 0.25) is 0 Å². The van der Waals surface area contributed by atoms with Crippen LogP contribution >= 0.6 is 0 Å². The second-order valence-corrected chi connectivity index (χ2v) is 5.39. The summed E-state index contributed by atoms with van der Waals surface area (Å²) in [6, 6.07) is 9.65. The van der Waals surface area contributed by atoms with Crippen LogP contribution in [0.3, 0.4) is 0 Å². The van der Waals surface area contributed by atoms with E-state index >= 15 is 0 Å². The number of carboxylic acids is 1. The number of hydrogen-bond donors (Lipinski definition) is 3. The molecule has 110 valence electrons. The van der Waals surface area contributed by atoms with Crippen LogP contribution in [-0.4, -0.2) is 35.2 Å². The summed E-state index contributed by atoms with van der Waals surface area (Å²) in [7, 11) is 0. The molecule has 3 N–H and O–H groups in total. The maximum absolute atomic E-state index is 11.4. The molecular formula is C16H19N3O2. The van der Waals surface area contributed by atoms with Crippen molar-refractivity contribution in [1.29, 1.82) is 0 Å². The Kier molecular flexibility index (Phi) is 4.01. The minimum atomic E-state index is -0.924. The van der Waals surface area contributed by atoms with Gasteiger partial charge in [-0.25, -0.2) is 9.78 Å². The molecule has 5 heteroatoms. The first-order chi connectivity index (χ1) is 10.2. The van der Waals surface area contributed by atoms with Crippen LogP contribution in [0.15, 0.2) is 30.3 Å². The van der Waals surface area contributed by atoms with Crippen molar-refractivity contribution in [3.05, 3.63) is 35.9 Å². The Morgan fingerprint density at radius 2 is 2.10 bits per heavy atom. The molecule has 1 fully saturated rings. The number of carbonyl (C=O) groups is 1. The van der Waals surface area contributed by atoms with Gasteiger partial charge in [-0.05, 0) is 37.9 Å². The van der Waals surface area contributed by atoms with Crippen LogP contribution in [0, 0.1) is 0 Å². The van der Waals surface area contributed by atoms with Gasteiger partial charge in [0.05, 0.1) is 11.1 Å². The zero-order valence-corrected chi connectivity index (χ0v) is 11.8. The molecule has 1 aliphatic rings. The molecule has 0 radical (unpaired) electrons. The van der Waals surface area contributed by atoms with E-state index in [1.807, 2.05) is 18.2 Å². The summed E-state index contributed by atoms with van der Waals surface area (Å²) >= 11 is 0. The molecule has 2 aromatic rings. The first-order valence-electron chi connectivity index (χ1n) is 7.34. The monoisotopic (exact) mass is 285 g/mol. The molecule has 0 bridgehead atoms. The van der Waals surface area contributed by atoms with Crippen LogP contribution in [0.1, 0.15) is 29.6 Å². The Morgan fingerprint density at radius 1 is 1.29 bits per heavy atom. The lowest BCUT2D eigenvalue weighted by molar-refractivity contribution is 0.0699. The number of aromatic carboxylic acids is 1. The molecule has 1 aromatic heterocycles. The van der Waals surface area contributed by atoms with E-state index in [0.717, 1.165) is 25.6 Å². The predicted molar refractivity (Wildman–Crippen MR) is 82.8 cm³/mol. The molecule has 21 heavy (non-hydrogen) atoms. The van der Waals surface area contributed by atoms with Crippen molar-refractivity contribution in [3.8, 4) is 0 Å². The number of hydrogen-bond acceptors (Lipinski definition) is 4. The predicted octanol–water partition coefficient (Wildman–Crippen LogP) is 2.49. The molecule has 1 heterocycles. The topological polar surface area (TPSA) is 74.2 Å². The van der Waals surface area contributed by atoms with Gasteiger partial charge < -0.3 is 15.7 Å². The van der Waals surface area contributed by atoms with Gasteiger partial charge >= 0.3 is 5.97 Å². The lowest BCUT2D eigenvalue weighted by Gasteiger charge is -2.09. The average Bonchev–Trinajstić information content (AvgIpc) is 3.30. The number of anilines is 1. The number of fused-ring (bicyclic) bond motifs is 1. The van der Waals surface area contributed by atoms with Gasteiger partial charge in [-0.1, -0.05) is 18.2 Å². The molecule has 0 spiro atoms. The fourth-order valence-corrected chi connectivity index (χ4v) is 2.34. The first kappa shape index (κ1) is 13.8. The highest BCUT2D eigenvalue weighted by molar-refractivity contribution is 6.03. The van der Waals surface area contributed by atoms with Crippen molar-refractivity contribution >= 4 is 22.7 Å². The fraction of sp³-hybridized carbons (Fsp3) is 0.375. The van der Waals surface area contributed by atoms with Gasteiger partial charge in [-0.15, -0.1) is 0 Å². The Hall–Kier alpha value is -2.14. The molecule has 0 atom stereocenters. The van der Waals surface area contributed by atoms with Crippen LogP contribution < -0.4 is 10.6 Å². The third-order valence-electron chi connectivity index (χ3n) is 3.62. The van der Waals surface area contributed by atoms with Crippen LogP contribution in [0.25, 0.3) is 10.9 Å². The molecule has 3 rings (SSSR count). The number of carboxylic acid groups (broad SMARTS) is 1. The summed E-state index contributed by atoms with van der Waals surface area (Å²) in [5, 5.41) is 16.7. The summed E-state index contributed by atoms with van der Waals surface area (Å²) in [5.74, 6) is -0.301. The lowest BCUT2D eigenvalue weighted by Crippen LogP contribution is -2.20. The SMILES string of the molecule is O=C(O)c1cc(NCCCNC2CC2)nc2ccccc12. The molecule has 1 saturated carbocycles. The zero-order valence-electron chi connectivity index (χ0n) is 11.8. The maximum atomic E-state index is 11.4. The largest absolute Gasteiger partial charge is 0.478 e. The van der Waals surface area contributed by atoms with Crippen molar-refractivity contribution in [2.45, 2.75) is 25.3 Å². The molecule has 0 unspecified atom stereocenters. The quantitative estimate of drug-likeness (QED) is 0.682. The minimum absolute atomic E-state index is 0.291. The van der Waals surface area contributed by atoms with Crippen molar-refractivity contribution in [1.82, 2.24) is 10.3 Å². The minimum Gasteiger partial charge on any atom is -0.478 e. The molecule has 0 amide bonds. The molecule has 1 aromatic carbocycles. The average molecular weight is 285 g/mol. The molecule has 5 nitrogen and oxygen atoms in total. The summed E-state index contributed by atoms with van der Waals surface area (Å²) in [4.78, 5) is 15.8. The third kappa shape index (κ3) is 3.49. The highest BCUT2D eigenvalue weighted by Gasteiger charge is 2.19. The van der Waals surface area contributed by atoms with Gasteiger partial charge in [-0.3, -0.25) is 0 Å². The van der Waals surface area contributed by atoms with E-state index < -0.39 is 5.97 Å². The first-order valence-corrected chi connectivity index (χ1v) is 7.34. The molecule has 0 saturated heterocycles.